The van der Waals surface area contributed by atoms with Crippen LogP contribution < -0.4 is 10.0 Å². The molecule has 132 valence electrons. The third kappa shape index (κ3) is 7.51. The summed E-state index contributed by atoms with van der Waals surface area (Å²) in [5.41, 5.74) is 1.67. The SMILES string of the molecule is O=C(CCNS(=O)(=O)/C=C/c1ccccc1)NCc1cccc(Cl)c1. The van der Waals surface area contributed by atoms with Crippen molar-refractivity contribution < 1.29 is 13.2 Å². The lowest BCUT2D eigenvalue weighted by Crippen LogP contribution is -2.29. The highest BCUT2D eigenvalue weighted by atomic mass is 35.5. The number of nitrogens with one attached hydrogen (secondary N) is 2. The molecule has 0 aliphatic carbocycles. The molecule has 5 nitrogen and oxygen atoms in total. The van der Waals surface area contributed by atoms with Gasteiger partial charge in [0.1, 0.15) is 0 Å². The van der Waals surface area contributed by atoms with Crippen molar-refractivity contribution in [3.63, 3.8) is 0 Å². The highest BCUT2D eigenvalue weighted by Crippen LogP contribution is 2.10. The summed E-state index contributed by atoms with van der Waals surface area (Å²) in [5.74, 6) is -0.241. The number of hydrogen-bond donors (Lipinski definition) is 2. The predicted octanol–water partition coefficient (Wildman–Crippen LogP) is 2.94. The first-order chi connectivity index (χ1) is 11.9. The van der Waals surface area contributed by atoms with Crippen LogP contribution in [0.25, 0.3) is 6.08 Å². The molecule has 0 heterocycles. The van der Waals surface area contributed by atoms with Gasteiger partial charge in [0.2, 0.25) is 15.9 Å². The third-order valence-corrected chi connectivity index (χ3v) is 4.61. The average Bonchev–Trinajstić information content (AvgIpc) is 2.59. The Balaban J connectivity index is 1.73. The Kier molecular flexibility index (Phi) is 7.18. The van der Waals surface area contributed by atoms with Gasteiger partial charge in [-0.3, -0.25) is 4.79 Å². The molecule has 2 rings (SSSR count). The summed E-state index contributed by atoms with van der Waals surface area (Å²) in [5, 5.41) is 4.41. The molecule has 0 aromatic heterocycles. The second-order valence-corrected chi connectivity index (χ2v) is 7.40. The number of sulfonamides is 1. The van der Waals surface area contributed by atoms with Crippen molar-refractivity contribution in [2.45, 2.75) is 13.0 Å². The molecule has 2 N–H and O–H groups in total. The highest BCUT2D eigenvalue weighted by molar-refractivity contribution is 7.92. The normalized spacial score (nSPS) is 11.6. The quantitative estimate of drug-likeness (QED) is 0.741. The molecule has 2 aromatic rings. The van der Waals surface area contributed by atoms with Gasteiger partial charge < -0.3 is 5.32 Å². The molecule has 0 fully saturated rings. The van der Waals surface area contributed by atoms with Gasteiger partial charge in [-0.2, -0.15) is 0 Å². The summed E-state index contributed by atoms with van der Waals surface area (Å²) in [6, 6.07) is 16.3. The van der Waals surface area contributed by atoms with Gasteiger partial charge in [0, 0.05) is 29.9 Å². The van der Waals surface area contributed by atoms with Crippen LogP contribution in [0.15, 0.2) is 60.0 Å². The van der Waals surface area contributed by atoms with E-state index in [0.717, 1.165) is 16.5 Å². The van der Waals surface area contributed by atoms with Gasteiger partial charge in [-0.25, -0.2) is 13.1 Å². The maximum Gasteiger partial charge on any atom is 0.233 e. The number of rotatable bonds is 8. The maximum absolute atomic E-state index is 11.9. The van der Waals surface area contributed by atoms with Crippen molar-refractivity contribution in [2.75, 3.05) is 6.54 Å². The van der Waals surface area contributed by atoms with Gasteiger partial charge in [-0.05, 0) is 29.3 Å². The Hall–Kier alpha value is -2.15. The van der Waals surface area contributed by atoms with Crippen LogP contribution in [0.1, 0.15) is 17.5 Å². The van der Waals surface area contributed by atoms with Crippen LogP contribution in [0.2, 0.25) is 5.02 Å². The summed E-state index contributed by atoms with van der Waals surface area (Å²) in [7, 11) is -3.58. The van der Waals surface area contributed by atoms with E-state index in [0.29, 0.717) is 11.6 Å². The monoisotopic (exact) mass is 378 g/mol. The number of hydrogen-bond acceptors (Lipinski definition) is 3. The van der Waals surface area contributed by atoms with E-state index in [4.69, 9.17) is 11.6 Å². The number of halogens is 1. The molecule has 2 aromatic carbocycles. The first kappa shape index (κ1) is 19.2. The molecule has 0 aliphatic heterocycles. The molecular formula is C18H19ClN2O3S. The molecule has 0 radical (unpaired) electrons. The lowest BCUT2D eigenvalue weighted by molar-refractivity contribution is -0.121. The van der Waals surface area contributed by atoms with Crippen LogP contribution >= 0.6 is 11.6 Å². The first-order valence-corrected chi connectivity index (χ1v) is 9.61. The van der Waals surface area contributed by atoms with E-state index in [-0.39, 0.29) is 18.9 Å². The molecule has 0 saturated heterocycles. The van der Waals surface area contributed by atoms with E-state index in [1.807, 2.05) is 24.3 Å². The second-order valence-electron chi connectivity index (χ2n) is 5.31. The Bertz CT molecular complexity index is 836. The van der Waals surface area contributed by atoms with Crippen molar-refractivity contribution in [3.05, 3.63) is 76.2 Å². The summed E-state index contributed by atoms with van der Waals surface area (Å²) >= 11 is 5.87. The van der Waals surface area contributed by atoms with Crippen LogP contribution in [0.5, 0.6) is 0 Å². The highest BCUT2D eigenvalue weighted by Gasteiger charge is 2.07. The van der Waals surface area contributed by atoms with Gasteiger partial charge in [-0.1, -0.05) is 54.1 Å². The number of carbonyl (C=O) groups excluding carboxylic acids is 1. The van der Waals surface area contributed by atoms with Crippen LogP contribution in [-0.4, -0.2) is 20.9 Å². The standard InChI is InChI=1S/C18H19ClN2O3S/c19-17-8-4-7-16(13-17)14-20-18(22)9-11-21-25(23,24)12-10-15-5-2-1-3-6-15/h1-8,10,12-13,21H,9,11,14H2,(H,20,22)/b12-10+. The van der Waals surface area contributed by atoms with E-state index >= 15 is 0 Å². The fourth-order valence-electron chi connectivity index (χ4n) is 2.02. The number of amides is 1. The zero-order chi connectivity index (χ0) is 18.1. The minimum atomic E-state index is -3.58. The Morgan fingerprint density at radius 2 is 1.84 bits per heavy atom. The zero-order valence-corrected chi connectivity index (χ0v) is 15.1. The van der Waals surface area contributed by atoms with Gasteiger partial charge in [0.25, 0.3) is 0 Å². The van der Waals surface area contributed by atoms with E-state index in [1.54, 1.807) is 30.3 Å². The van der Waals surface area contributed by atoms with E-state index < -0.39 is 10.0 Å². The van der Waals surface area contributed by atoms with Crippen LogP contribution in [0.3, 0.4) is 0 Å². The van der Waals surface area contributed by atoms with Crippen molar-refractivity contribution in [1.29, 1.82) is 0 Å². The van der Waals surface area contributed by atoms with E-state index in [9.17, 15) is 13.2 Å². The predicted molar refractivity (Wildman–Crippen MR) is 100 cm³/mol. The lowest BCUT2D eigenvalue weighted by Gasteiger charge is -2.06. The average molecular weight is 379 g/mol. The van der Waals surface area contributed by atoms with Crippen LogP contribution in [0, 0.1) is 0 Å². The lowest BCUT2D eigenvalue weighted by atomic mass is 10.2. The van der Waals surface area contributed by atoms with Gasteiger partial charge in [0.05, 0.1) is 0 Å². The minimum Gasteiger partial charge on any atom is -0.352 e. The summed E-state index contributed by atoms with van der Waals surface area (Å²) < 4.78 is 26.1. The molecule has 0 saturated carbocycles. The molecule has 0 bridgehead atoms. The molecule has 1 amide bonds. The fourth-order valence-corrected chi connectivity index (χ4v) is 3.06. The van der Waals surface area contributed by atoms with Crippen LogP contribution in [0.4, 0.5) is 0 Å². The molecule has 0 atom stereocenters. The van der Waals surface area contributed by atoms with Gasteiger partial charge in [0.15, 0.2) is 0 Å². The minimum absolute atomic E-state index is 0.0306. The van der Waals surface area contributed by atoms with Crippen molar-refractivity contribution >= 4 is 33.6 Å². The topological polar surface area (TPSA) is 75.3 Å². The van der Waals surface area contributed by atoms with Crippen LogP contribution in [-0.2, 0) is 21.4 Å². The molecule has 7 heteroatoms. The number of carbonyl (C=O) groups is 1. The van der Waals surface area contributed by atoms with Crippen molar-refractivity contribution in [2.24, 2.45) is 0 Å². The second kappa shape index (κ2) is 9.36. The summed E-state index contributed by atoms with van der Waals surface area (Å²) in [6.45, 7) is 0.378. The molecule has 0 unspecified atom stereocenters. The molecular weight excluding hydrogens is 360 g/mol. The van der Waals surface area contributed by atoms with Gasteiger partial charge in [-0.15, -0.1) is 0 Å². The number of benzene rings is 2. The molecule has 0 aliphatic rings. The first-order valence-electron chi connectivity index (χ1n) is 7.68. The zero-order valence-electron chi connectivity index (χ0n) is 13.5. The third-order valence-electron chi connectivity index (χ3n) is 3.27. The molecule has 0 spiro atoms. The maximum atomic E-state index is 11.9. The van der Waals surface area contributed by atoms with E-state index in [1.165, 1.54) is 6.08 Å². The fraction of sp³-hybridized carbons (Fsp3) is 0.167. The van der Waals surface area contributed by atoms with E-state index in [2.05, 4.69) is 10.0 Å². The smallest absolute Gasteiger partial charge is 0.233 e. The van der Waals surface area contributed by atoms with Crippen molar-refractivity contribution in [3.8, 4) is 0 Å². The Labute approximate surface area is 152 Å². The van der Waals surface area contributed by atoms with Crippen molar-refractivity contribution in [1.82, 2.24) is 10.0 Å². The Morgan fingerprint density at radius 3 is 2.56 bits per heavy atom. The molecule has 25 heavy (non-hydrogen) atoms. The Morgan fingerprint density at radius 1 is 1.08 bits per heavy atom. The summed E-state index contributed by atoms with van der Waals surface area (Å²) in [4.78, 5) is 11.8. The largest absolute Gasteiger partial charge is 0.352 e. The van der Waals surface area contributed by atoms with Gasteiger partial charge >= 0.3 is 0 Å². The summed E-state index contributed by atoms with van der Waals surface area (Å²) in [6.07, 6.45) is 1.56.